The van der Waals surface area contributed by atoms with Crippen LogP contribution in [0, 0.1) is 5.82 Å². The quantitative estimate of drug-likeness (QED) is 0.592. The van der Waals surface area contributed by atoms with Crippen molar-refractivity contribution in [2.75, 3.05) is 26.4 Å². The van der Waals surface area contributed by atoms with Crippen LogP contribution in [0.3, 0.4) is 0 Å². The maximum absolute atomic E-state index is 13.5. The molecule has 10 heteroatoms. The Morgan fingerprint density at radius 3 is 2.62 bits per heavy atom. The molecule has 0 amide bonds. The van der Waals surface area contributed by atoms with Gasteiger partial charge in [-0.3, -0.25) is 0 Å². The van der Waals surface area contributed by atoms with E-state index in [0.29, 0.717) is 6.07 Å². The minimum absolute atomic E-state index is 0.00164. The second kappa shape index (κ2) is 7.66. The molecule has 0 heterocycles. The number of carbonyl (C=O) groups is 1. The molecular formula is C11H13ClFNO6S. The standard InChI is InChI=1S/C11H13ClFNO6S/c12-10-8(11(16)17)5-7(6-9(10)13)21(18,19)14-1-3-20-4-2-15/h5-6,14-15H,1-4H2,(H,16,17). The minimum atomic E-state index is -4.10. The van der Waals surface area contributed by atoms with E-state index in [9.17, 15) is 17.6 Å². The van der Waals surface area contributed by atoms with Crippen LogP contribution < -0.4 is 4.72 Å². The summed E-state index contributed by atoms with van der Waals surface area (Å²) in [5.41, 5.74) is -0.645. The molecule has 0 aliphatic carbocycles. The summed E-state index contributed by atoms with van der Waals surface area (Å²) >= 11 is 5.46. The first-order chi connectivity index (χ1) is 9.79. The number of sulfonamides is 1. The molecule has 0 fully saturated rings. The Balaban J connectivity index is 2.91. The summed E-state index contributed by atoms with van der Waals surface area (Å²) in [5.74, 6) is -2.68. The van der Waals surface area contributed by atoms with Gasteiger partial charge in [0.2, 0.25) is 10.0 Å². The largest absolute Gasteiger partial charge is 0.478 e. The van der Waals surface area contributed by atoms with Gasteiger partial charge in [-0.15, -0.1) is 0 Å². The summed E-state index contributed by atoms with van der Waals surface area (Å²) < 4.78 is 44.2. The third-order valence-electron chi connectivity index (χ3n) is 2.32. The number of ether oxygens (including phenoxy) is 1. The lowest BCUT2D eigenvalue weighted by Gasteiger charge is -2.09. The van der Waals surface area contributed by atoms with Crippen LogP contribution in [0.4, 0.5) is 4.39 Å². The molecule has 0 bridgehead atoms. The molecule has 0 radical (unpaired) electrons. The summed E-state index contributed by atoms with van der Waals surface area (Å²) in [6, 6.07) is 1.40. The fourth-order valence-corrected chi connectivity index (χ4v) is 2.61. The molecule has 1 aromatic carbocycles. The Morgan fingerprint density at radius 2 is 2.05 bits per heavy atom. The second-order valence-corrected chi connectivity index (χ2v) is 5.95. The predicted octanol–water partition coefficient (Wildman–Crippen LogP) is 0.465. The number of nitrogens with one attached hydrogen (secondary N) is 1. The van der Waals surface area contributed by atoms with Gasteiger partial charge in [-0.05, 0) is 12.1 Å². The van der Waals surface area contributed by atoms with Crippen molar-refractivity contribution in [3.63, 3.8) is 0 Å². The van der Waals surface area contributed by atoms with E-state index in [-0.39, 0.29) is 26.4 Å². The monoisotopic (exact) mass is 341 g/mol. The van der Waals surface area contributed by atoms with Gasteiger partial charge in [-0.25, -0.2) is 22.3 Å². The van der Waals surface area contributed by atoms with E-state index in [1.165, 1.54) is 0 Å². The number of rotatable bonds is 8. The molecule has 1 aromatic rings. The van der Waals surface area contributed by atoms with Crippen molar-refractivity contribution < 1.29 is 32.6 Å². The van der Waals surface area contributed by atoms with Gasteiger partial charge in [0.1, 0.15) is 5.82 Å². The molecule has 0 atom stereocenters. The molecule has 0 spiro atoms. The zero-order valence-corrected chi connectivity index (χ0v) is 12.2. The molecule has 1 rings (SSSR count). The first-order valence-corrected chi connectivity index (χ1v) is 7.56. The zero-order valence-electron chi connectivity index (χ0n) is 10.7. The molecule has 21 heavy (non-hydrogen) atoms. The Hall–Kier alpha value is -1.26. The first-order valence-electron chi connectivity index (χ1n) is 5.70. The third-order valence-corrected chi connectivity index (χ3v) is 4.14. The number of aliphatic hydroxyl groups excluding tert-OH is 1. The van der Waals surface area contributed by atoms with Crippen molar-refractivity contribution >= 4 is 27.6 Å². The van der Waals surface area contributed by atoms with Crippen molar-refractivity contribution in [1.82, 2.24) is 4.72 Å². The fraction of sp³-hybridized carbons (Fsp3) is 0.364. The summed E-state index contributed by atoms with van der Waals surface area (Å²) in [5, 5.41) is 16.7. The molecule has 3 N–H and O–H groups in total. The molecule has 0 saturated carbocycles. The summed E-state index contributed by atoms with van der Waals surface area (Å²) in [4.78, 5) is 10.3. The van der Waals surface area contributed by atoms with E-state index in [2.05, 4.69) is 4.72 Å². The second-order valence-electron chi connectivity index (χ2n) is 3.81. The van der Waals surface area contributed by atoms with E-state index >= 15 is 0 Å². The van der Waals surface area contributed by atoms with E-state index in [4.69, 9.17) is 26.6 Å². The van der Waals surface area contributed by atoms with Crippen molar-refractivity contribution in [3.05, 3.63) is 28.5 Å². The van der Waals surface area contributed by atoms with Crippen LogP contribution >= 0.6 is 11.6 Å². The van der Waals surface area contributed by atoms with Gasteiger partial charge in [0.25, 0.3) is 0 Å². The van der Waals surface area contributed by atoms with Crippen molar-refractivity contribution in [3.8, 4) is 0 Å². The molecule has 0 aromatic heterocycles. The van der Waals surface area contributed by atoms with Crippen LogP contribution in [0.25, 0.3) is 0 Å². The average molecular weight is 342 g/mol. The van der Waals surface area contributed by atoms with Gasteiger partial charge in [0, 0.05) is 6.54 Å². The van der Waals surface area contributed by atoms with E-state index < -0.39 is 37.3 Å². The molecular weight excluding hydrogens is 329 g/mol. The van der Waals surface area contributed by atoms with E-state index in [0.717, 1.165) is 6.07 Å². The Kier molecular flexibility index (Phi) is 6.49. The number of carboxylic acid groups (broad SMARTS) is 1. The van der Waals surface area contributed by atoms with Crippen LogP contribution in [0.15, 0.2) is 17.0 Å². The molecule has 0 saturated heterocycles. The molecule has 0 aliphatic rings. The smallest absolute Gasteiger partial charge is 0.337 e. The first kappa shape index (κ1) is 17.8. The summed E-state index contributed by atoms with van der Waals surface area (Å²) in [6.45, 7) is -0.256. The van der Waals surface area contributed by atoms with Gasteiger partial charge in [-0.2, -0.15) is 0 Å². The highest BCUT2D eigenvalue weighted by Gasteiger charge is 2.21. The van der Waals surface area contributed by atoms with Gasteiger partial charge in [-0.1, -0.05) is 11.6 Å². The minimum Gasteiger partial charge on any atom is -0.478 e. The maximum Gasteiger partial charge on any atom is 0.337 e. The molecule has 7 nitrogen and oxygen atoms in total. The van der Waals surface area contributed by atoms with Crippen LogP contribution in [-0.4, -0.2) is 51.0 Å². The van der Waals surface area contributed by atoms with Crippen molar-refractivity contribution in [1.29, 1.82) is 0 Å². The van der Waals surface area contributed by atoms with E-state index in [1.54, 1.807) is 0 Å². The normalized spacial score (nSPS) is 11.6. The third kappa shape index (κ3) is 4.90. The molecule has 118 valence electrons. The van der Waals surface area contributed by atoms with Crippen molar-refractivity contribution in [2.24, 2.45) is 0 Å². The van der Waals surface area contributed by atoms with Gasteiger partial charge >= 0.3 is 5.97 Å². The maximum atomic E-state index is 13.5. The number of benzene rings is 1. The van der Waals surface area contributed by atoms with Crippen LogP contribution in [-0.2, 0) is 14.8 Å². The number of hydrogen-bond acceptors (Lipinski definition) is 5. The highest BCUT2D eigenvalue weighted by atomic mass is 35.5. The highest BCUT2D eigenvalue weighted by molar-refractivity contribution is 7.89. The summed E-state index contributed by atoms with van der Waals surface area (Å²) in [6.07, 6.45) is 0. The Morgan fingerprint density at radius 1 is 1.38 bits per heavy atom. The fourth-order valence-electron chi connectivity index (χ4n) is 1.37. The zero-order chi connectivity index (χ0) is 16.0. The Labute approximate surface area is 125 Å². The number of halogens is 2. The lowest BCUT2D eigenvalue weighted by molar-refractivity contribution is 0.0696. The number of carboxylic acids is 1. The lowest BCUT2D eigenvalue weighted by atomic mass is 10.2. The SMILES string of the molecule is O=C(O)c1cc(S(=O)(=O)NCCOCCO)cc(F)c1Cl. The van der Waals surface area contributed by atoms with Crippen LogP contribution in [0.5, 0.6) is 0 Å². The van der Waals surface area contributed by atoms with Crippen LogP contribution in [0.1, 0.15) is 10.4 Å². The predicted molar refractivity (Wildman–Crippen MR) is 71.5 cm³/mol. The van der Waals surface area contributed by atoms with Gasteiger partial charge in [0.15, 0.2) is 0 Å². The highest BCUT2D eigenvalue weighted by Crippen LogP contribution is 2.24. The van der Waals surface area contributed by atoms with Crippen molar-refractivity contribution in [2.45, 2.75) is 4.90 Å². The van der Waals surface area contributed by atoms with E-state index in [1.807, 2.05) is 0 Å². The molecule has 0 aliphatic heterocycles. The molecule has 0 unspecified atom stereocenters. The summed E-state index contributed by atoms with van der Waals surface area (Å²) in [7, 11) is -4.10. The number of aromatic carboxylic acids is 1. The topological polar surface area (TPSA) is 113 Å². The number of hydrogen-bond donors (Lipinski definition) is 3. The average Bonchev–Trinajstić information content (AvgIpc) is 2.40. The van der Waals surface area contributed by atoms with Gasteiger partial charge < -0.3 is 14.9 Å². The number of aliphatic hydroxyl groups is 1. The van der Waals surface area contributed by atoms with Gasteiger partial charge in [0.05, 0.1) is 35.3 Å². The Bertz CT molecular complexity index is 621. The lowest BCUT2D eigenvalue weighted by Crippen LogP contribution is -2.28. The van der Waals surface area contributed by atoms with Crippen LogP contribution in [0.2, 0.25) is 5.02 Å².